The number of carbonyl (C=O) groups is 1. The Balaban J connectivity index is 2.38. The van der Waals surface area contributed by atoms with Gasteiger partial charge in [-0.3, -0.25) is 0 Å². The van der Waals surface area contributed by atoms with E-state index in [0.717, 1.165) is 11.3 Å². The highest BCUT2D eigenvalue weighted by Crippen LogP contribution is 2.38. The van der Waals surface area contributed by atoms with Crippen molar-refractivity contribution in [3.8, 4) is 11.5 Å². The maximum atomic E-state index is 11.2. The number of aryl methyl sites for hydroxylation is 1. The van der Waals surface area contributed by atoms with Gasteiger partial charge in [-0.2, -0.15) is 0 Å². The first-order valence-corrected chi connectivity index (χ1v) is 7.80. The molecule has 0 aromatic heterocycles. The summed E-state index contributed by atoms with van der Waals surface area (Å²) in [6, 6.07) is 12.6. The van der Waals surface area contributed by atoms with Gasteiger partial charge >= 0.3 is 6.09 Å². The SMILES string of the molecule is Cc1cccc(Oc2ccc(N)c(C(NC(=O)O)C(C)(C)C)c2)c1. The van der Waals surface area contributed by atoms with Crippen molar-refractivity contribution in [3.05, 3.63) is 53.6 Å². The lowest BCUT2D eigenvalue weighted by atomic mass is 9.81. The van der Waals surface area contributed by atoms with Crippen LogP contribution < -0.4 is 15.8 Å². The lowest BCUT2D eigenvalue weighted by molar-refractivity contribution is 0.175. The molecule has 2 aromatic rings. The molecule has 0 saturated heterocycles. The van der Waals surface area contributed by atoms with Gasteiger partial charge < -0.3 is 20.9 Å². The number of carboxylic acid groups (broad SMARTS) is 1. The Hall–Kier alpha value is -2.69. The second-order valence-corrected chi connectivity index (χ2v) is 6.96. The first-order chi connectivity index (χ1) is 11.2. The lowest BCUT2D eigenvalue weighted by Crippen LogP contribution is -2.36. The number of ether oxygens (including phenoxy) is 1. The second-order valence-electron chi connectivity index (χ2n) is 6.96. The van der Waals surface area contributed by atoms with E-state index < -0.39 is 12.1 Å². The maximum Gasteiger partial charge on any atom is 0.405 e. The summed E-state index contributed by atoms with van der Waals surface area (Å²) in [5, 5.41) is 11.7. The lowest BCUT2D eigenvalue weighted by Gasteiger charge is -2.32. The molecule has 24 heavy (non-hydrogen) atoms. The first kappa shape index (κ1) is 17.7. The number of nitrogen functional groups attached to an aromatic ring is 1. The minimum atomic E-state index is -1.08. The molecule has 4 N–H and O–H groups in total. The highest BCUT2D eigenvalue weighted by Gasteiger charge is 2.29. The van der Waals surface area contributed by atoms with E-state index in [1.807, 2.05) is 52.0 Å². The van der Waals surface area contributed by atoms with Crippen LogP contribution >= 0.6 is 0 Å². The topological polar surface area (TPSA) is 84.6 Å². The van der Waals surface area contributed by atoms with Gasteiger partial charge in [0.05, 0.1) is 6.04 Å². The predicted octanol–water partition coefficient (Wildman–Crippen LogP) is 4.72. The Morgan fingerprint density at radius 2 is 1.83 bits per heavy atom. The van der Waals surface area contributed by atoms with Crippen LogP contribution in [0.5, 0.6) is 11.5 Å². The van der Waals surface area contributed by atoms with Crippen LogP contribution in [0.2, 0.25) is 0 Å². The van der Waals surface area contributed by atoms with Crippen molar-refractivity contribution in [2.45, 2.75) is 33.7 Å². The average molecular weight is 328 g/mol. The number of anilines is 1. The van der Waals surface area contributed by atoms with Gasteiger partial charge in [0.25, 0.3) is 0 Å². The van der Waals surface area contributed by atoms with E-state index in [-0.39, 0.29) is 5.41 Å². The van der Waals surface area contributed by atoms with Crippen molar-refractivity contribution in [2.75, 3.05) is 5.73 Å². The molecule has 0 radical (unpaired) electrons. The van der Waals surface area contributed by atoms with E-state index in [9.17, 15) is 4.79 Å². The summed E-state index contributed by atoms with van der Waals surface area (Å²) >= 11 is 0. The van der Waals surface area contributed by atoms with Crippen molar-refractivity contribution in [3.63, 3.8) is 0 Å². The summed E-state index contributed by atoms with van der Waals surface area (Å²) in [5.41, 5.74) is 8.08. The molecule has 0 bridgehead atoms. The Labute approximate surface area is 142 Å². The quantitative estimate of drug-likeness (QED) is 0.709. The van der Waals surface area contributed by atoms with Crippen molar-refractivity contribution in [2.24, 2.45) is 5.41 Å². The monoisotopic (exact) mass is 328 g/mol. The molecule has 128 valence electrons. The van der Waals surface area contributed by atoms with Crippen LogP contribution in [0, 0.1) is 12.3 Å². The number of rotatable bonds is 4. The molecule has 5 heteroatoms. The molecule has 2 rings (SSSR count). The van der Waals surface area contributed by atoms with E-state index in [1.165, 1.54) is 0 Å². The van der Waals surface area contributed by atoms with E-state index in [4.69, 9.17) is 15.6 Å². The van der Waals surface area contributed by atoms with E-state index in [0.29, 0.717) is 17.0 Å². The number of hydrogen-bond acceptors (Lipinski definition) is 3. The van der Waals surface area contributed by atoms with Gasteiger partial charge in [0.1, 0.15) is 11.5 Å². The Bertz CT molecular complexity index is 736. The Morgan fingerprint density at radius 1 is 1.17 bits per heavy atom. The number of nitrogens with one attached hydrogen (secondary N) is 1. The van der Waals surface area contributed by atoms with Crippen LogP contribution in [0.4, 0.5) is 10.5 Å². The summed E-state index contributed by atoms with van der Waals surface area (Å²) in [5.74, 6) is 1.34. The third-order valence-corrected chi connectivity index (χ3v) is 3.73. The largest absolute Gasteiger partial charge is 0.465 e. The Morgan fingerprint density at radius 3 is 2.42 bits per heavy atom. The van der Waals surface area contributed by atoms with Crippen molar-refractivity contribution in [1.29, 1.82) is 0 Å². The summed E-state index contributed by atoms with van der Waals surface area (Å²) in [7, 11) is 0. The van der Waals surface area contributed by atoms with Gasteiger partial charge in [-0.1, -0.05) is 32.9 Å². The predicted molar refractivity (Wildman–Crippen MR) is 95.5 cm³/mol. The van der Waals surface area contributed by atoms with Crippen LogP contribution in [0.3, 0.4) is 0 Å². The highest BCUT2D eigenvalue weighted by atomic mass is 16.5. The molecule has 0 saturated carbocycles. The van der Waals surface area contributed by atoms with Crippen LogP contribution in [0.1, 0.15) is 37.9 Å². The summed E-state index contributed by atoms with van der Waals surface area (Å²) in [4.78, 5) is 11.2. The molecular weight excluding hydrogens is 304 g/mol. The van der Waals surface area contributed by atoms with E-state index >= 15 is 0 Å². The van der Waals surface area contributed by atoms with Gasteiger partial charge in [0.2, 0.25) is 0 Å². The van der Waals surface area contributed by atoms with Crippen LogP contribution in [0.15, 0.2) is 42.5 Å². The molecule has 0 aliphatic rings. The van der Waals surface area contributed by atoms with Gasteiger partial charge in [0, 0.05) is 11.3 Å². The average Bonchev–Trinajstić information content (AvgIpc) is 2.46. The second kappa shape index (κ2) is 6.83. The minimum Gasteiger partial charge on any atom is -0.465 e. The molecule has 0 fully saturated rings. The molecule has 0 spiro atoms. The molecule has 2 aromatic carbocycles. The third kappa shape index (κ3) is 4.41. The molecule has 0 aliphatic carbocycles. The number of nitrogens with two attached hydrogens (primary N) is 1. The smallest absolute Gasteiger partial charge is 0.405 e. The van der Waals surface area contributed by atoms with Crippen LogP contribution in [-0.2, 0) is 0 Å². The molecule has 1 amide bonds. The van der Waals surface area contributed by atoms with E-state index in [2.05, 4.69) is 5.32 Å². The van der Waals surface area contributed by atoms with Crippen molar-refractivity contribution < 1.29 is 14.6 Å². The van der Waals surface area contributed by atoms with E-state index in [1.54, 1.807) is 18.2 Å². The first-order valence-electron chi connectivity index (χ1n) is 7.80. The highest BCUT2D eigenvalue weighted by molar-refractivity contribution is 5.66. The van der Waals surface area contributed by atoms with Gasteiger partial charge in [0.15, 0.2) is 0 Å². The van der Waals surface area contributed by atoms with Crippen LogP contribution in [-0.4, -0.2) is 11.2 Å². The van der Waals surface area contributed by atoms with Gasteiger partial charge in [-0.15, -0.1) is 0 Å². The summed E-state index contributed by atoms with van der Waals surface area (Å²) in [6.45, 7) is 7.87. The zero-order chi connectivity index (χ0) is 17.9. The normalized spacial score (nSPS) is 12.5. The molecular formula is C19H24N2O3. The fourth-order valence-electron chi connectivity index (χ4n) is 2.57. The number of benzene rings is 2. The number of amides is 1. The molecule has 5 nitrogen and oxygen atoms in total. The zero-order valence-corrected chi connectivity index (χ0v) is 14.5. The minimum absolute atomic E-state index is 0.339. The summed E-state index contributed by atoms with van der Waals surface area (Å²) < 4.78 is 5.89. The standard InChI is InChI=1S/C19H24N2O3/c1-12-6-5-7-13(10-12)24-14-8-9-16(20)15(11-14)17(19(2,3)4)21-18(22)23/h5-11,17,21H,20H2,1-4H3,(H,22,23). The fraction of sp³-hybridized carbons (Fsp3) is 0.316. The zero-order valence-electron chi connectivity index (χ0n) is 14.5. The van der Waals surface area contributed by atoms with Crippen LogP contribution in [0.25, 0.3) is 0 Å². The maximum absolute atomic E-state index is 11.2. The number of hydrogen-bond donors (Lipinski definition) is 3. The molecule has 0 aliphatic heterocycles. The third-order valence-electron chi connectivity index (χ3n) is 3.73. The van der Waals surface area contributed by atoms with Gasteiger partial charge in [-0.25, -0.2) is 4.79 Å². The van der Waals surface area contributed by atoms with Gasteiger partial charge in [-0.05, 0) is 48.2 Å². The fourth-order valence-corrected chi connectivity index (χ4v) is 2.57. The molecule has 1 atom stereocenters. The summed E-state index contributed by atoms with van der Waals surface area (Å²) in [6.07, 6.45) is -1.08. The molecule has 0 heterocycles. The molecule has 1 unspecified atom stereocenters. The van der Waals surface area contributed by atoms with Crippen molar-refractivity contribution in [1.82, 2.24) is 5.32 Å². The van der Waals surface area contributed by atoms with Crippen molar-refractivity contribution >= 4 is 11.8 Å². The Kier molecular flexibility index (Phi) is 5.02.